The van der Waals surface area contributed by atoms with Gasteiger partial charge in [-0.2, -0.15) is 0 Å². The molecule has 1 atom stereocenters. The first-order valence-corrected chi connectivity index (χ1v) is 8.94. The van der Waals surface area contributed by atoms with E-state index >= 15 is 0 Å². The van der Waals surface area contributed by atoms with Gasteiger partial charge in [-0.3, -0.25) is 4.79 Å². The molecule has 3 nitrogen and oxygen atoms in total. The van der Waals surface area contributed by atoms with Gasteiger partial charge in [-0.25, -0.2) is 0 Å². The fourth-order valence-corrected chi connectivity index (χ4v) is 3.47. The monoisotopic (exact) mass is 322 g/mol. The standard InChI is InChI=1S/C16H22N2OS2/c1-11(2)8-18-16(19)12(3)17-9-14-7-13(10-21-14)15-5-4-6-20-15/h4-7,10-12,17H,8-9H2,1-3H3,(H,18,19). The van der Waals surface area contributed by atoms with Gasteiger partial charge in [-0.05, 0) is 35.7 Å². The van der Waals surface area contributed by atoms with Crippen LogP contribution < -0.4 is 10.6 Å². The normalized spacial score (nSPS) is 12.6. The molecule has 0 bridgehead atoms. The maximum Gasteiger partial charge on any atom is 0.236 e. The fourth-order valence-electron chi connectivity index (χ4n) is 1.85. The Labute approximate surface area is 134 Å². The Balaban J connectivity index is 1.81. The van der Waals surface area contributed by atoms with Gasteiger partial charge in [0.25, 0.3) is 0 Å². The molecule has 5 heteroatoms. The summed E-state index contributed by atoms with van der Waals surface area (Å²) in [5.74, 6) is 0.547. The molecule has 0 aromatic carbocycles. The predicted molar refractivity (Wildman–Crippen MR) is 91.8 cm³/mol. The molecule has 2 aromatic rings. The minimum atomic E-state index is -0.170. The lowest BCUT2D eigenvalue weighted by molar-refractivity contribution is -0.122. The zero-order valence-corrected chi connectivity index (χ0v) is 14.3. The van der Waals surface area contributed by atoms with Crippen molar-refractivity contribution in [3.8, 4) is 10.4 Å². The van der Waals surface area contributed by atoms with E-state index in [4.69, 9.17) is 0 Å². The van der Waals surface area contributed by atoms with Crippen LogP contribution in [0.15, 0.2) is 29.0 Å². The molecule has 2 heterocycles. The van der Waals surface area contributed by atoms with E-state index in [2.05, 4.69) is 53.4 Å². The van der Waals surface area contributed by atoms with E-state index in [0.29, 0.717) is 5.92 Å². The van der Waals surface area contributed by atoms with E-state index < -0.39 is 0 Å². The van der Waals surface area contributed by atoms with Crippen LogP contribution in [-0.4, -0.2) is 18.5 Å². The molecule has 2 aromatic heterocycles. The molecule has 0 spiro atoms. The highest BCUT2D eigenvalue weighted by molar-refractivity contribution is 7.14. The summed E-state index contributed by atoms with van der Waals surface area (Å²) in [7, 11) is 0. The molecule has 1 unspecified atom stereocenters. The Bertz CT molecular complexity index is 561. The number of rotatable bonds is 7. The van der Waals surface area contributed by atoms with Gasteiger partial charge < -0.3 is 10.6 Å². The second-order valence-corrected chi connectivity index (χ2v) is 7.46. The van der Waals surface area contributed by atoms with Gasteiger partial charge in [-0.1, -0.05) is 19.9 Å². The lowest BCUT2D eigenvalue weighted by Crippen LogP contribution is -2.42. The van der Waals surface area contributed by atoms with Crippen molar-refractivity contribution in [3.63, 3.8) is 0 Å². The molecule has 0 fully saturated rings. The molecule has 0 aliphatic heterocycles. The lowest BCUT2D eigenvalue weighted by Gasteiger charge is -2.14. The van der Waals surface area contributed by atoms with Crippen molar-refractivity contribution in [2.75, 3.05) is 6.54 Å². The maximum atomic E-state index is 11.9. The summed E-state index contributed by atoms with van der Waals surface area (Å²) in [6, 6.07) is 6.22. The maximum absolute atomic E-state index is 11.9. The van der Waals surface area contributed by atoms with Crippen molar-refractivity contribution in [1.29, 1.82) is 0 Å². The highest BCUT2D eigenvalue weighted by atomic mass is 32.1. The van der Waals surface area contributed by atoms with Gasteiger partial charge in [0.2, 0.25) is 5.91 Å². The molecule has 21 heavy (non-hydrogen) atoms. The summed E-state index contributed by atoms with van der Waals surface area (Å²) in [6.07, 6.45) is 0. The van der Waals surface area contributed by atoms with Gasteiger partial charge in [0.1, 0.15) is 0 Å². The third-order valence-electron chi connectivity index (χ3n) is 3.12. The SMILES string of the molecule is CC(C)CNC(=O)C(C)NCc1cc(-c2cccs2)cs1. The first kappa shape index (κ1) is 16.2. The Morgan fingerprint density at radius 2 is 2.10 bits per heavy atom. The number of hydrogen-bond acceptors (Lipinski definition) is 4. The molecule has 0 saturated heterocycles. The summed E-state index contributed by atoms with van der Waals surface area (Å²) in [5.41, 5.74) is 1.27. The molecule has 2 N–H and O–H groups in total. The van der Waals surface area contributed by atoms with Crippen LogP contribution in [0.2, 0.25) is 0 Å². The van der Waals surface area contributed by atoms with E-state index in [1.165, 1.54) is 15.3 Å². The smallest absolute Gasteiger partial charge is 0.236 e. The molecular formula is C16H22N2OS2. The zero-order chi connectivity index (χ0) is 15.2. The number of hydrogen-bond donors (Lipinski definition) is 2. The highest BCUT2D eigenvalue weighted by Gasteiger charge is 2.12. The van der Waals surface area contributed by atoms with Crippen LogP contribution in [0.3, 0.4) is 0 Å². The number of thiophene rings is 2. The molecule has 0 aliphatic carbocycles. The minimum Gasteiger partial charge on any atom is -0.354 e. The molecule has 0 radical (unpaired) electrons. The van der Waals surface area contributed by atoms with E-state index in [-0.39, 0.29) is 11.9 Å². The van der Waals surface area contributed by atoms with Crippen molar-refractivity contribution in [2.24, 2.45) is 5.92 Å². The number of amides is 1. The summed E-state index contributed by atoms with van der Waals surface area (Å²) in [4.78, 5) is 14.4. The van der Waals surface area contributed by atoms with Crippen LogP contribution in [0.4, 0.5) is 0 Å². The molecule has 114 valence electrons. The third-order valence-corrected chi connectivity index (χ3v) is 4.98. The fraction of sp³-hybridized carbons (Fsp3) is 0.438. The van der Waals surface area contributed by atoms with Crippen LogP contribution in [0.25, 0.3) is 10.4 Å². The van der Waals surface area contributed by atoms with E-state index in [9.17, 15) is 4.79 Å². The van der Waals surface area contributed by atoms with Crippen LogP contribution in [0.5, 0.6) is 0 Å². The Morgan fingerprint density at radius 1 is 1.29 bits per heavy atom. The summed E-state index contributed by atoms with van der Waals surface area (Å²) < 4.78 is 0. The topological polar surface area (TPSA) is 41.1 Å². The van der Waals surface area contributed by atoms with Crippen molar-refractivity contribution >= 4 is 28.6 Å². The number of nitrogens with one attached hydrogen (secondary N) is 2. The van der Waals surface area contributed by atoms with Crippen LogP contribution in [0, 0.1) is 5.92 Å². The average molecular weight is 322 g/mol. The van der Waals surface area contributed by atoms with E-state index in [1.54, 1.807) is 22.7 Å². The minimum absolute atomic E-state index is 0.0683. The molecular weight excluding hydrogens is 300 g/mol. The van der Waals surface area contributed by atoms with E-state index in [0.717, 1.165) is 13.1 Å². The zero-order valence-electron chi connectivity index (χ0n) is 12.7. The van der Waals surface area contributed by atoms with Crippen LogP contribution >= 0.6 is 22.7 Å². The quantitative estimate of drug-likeness (QED) is 0.815. The van der Waals surface area contributed by atoms with Crippen LogP contribution in [-0.2, 0) is 11.3 Å². The molecule has 1 amide bonds. The lowest BCUT2D eigenvalue weighted by atomic mass is 10.2. The van der Waals surface area contributed by atoms with Crippen molar-refractivity contribution in [2.45, 2.75) is 33.4 Å². The summed E-state index contributed by atoms with van der Waals surface area (Å²) in [6.45, 7) is 7.55. The summed E-state index contributed by atoms with van der Waals surface area (Å²) in [5, 5.41) is 10.5. The van der Waals surface area contributed by atoms with Crippen molar-refractivity contribution < 1.29 is 4.79 Å². The average Bonchev–Trinajstić information content (AvgIpc) is 3.12. The molecule has 0 aliphatic rings. The first-order chi connectivity index (χ1) is 10.1. The predicted octanol–water partition coefficient (Wildman–Crippen LogP) is 3.73. The highest BCUT2D eigenvalue weighted by Crippen LogP contribution is 2.29. The van der Waals surface area contributed by atoms with Crippen molar-refractivity contribution in [1.82, 2.24) is 10.6 Å². The van der Waals surface area contributed by atoms with E-state index in [1.807, 2.05) is 6.92 Å². The van der Waals surface area contributed by atoms with Gasteiger partial charge in [0.15, 0.2) is 0 Å². The van der Waals surface area contributed by atoms with Crippen LogP contribution in [0.1, 0.15) is 25.6 Å². The summed E-state index contributed by atoms with van der Waals surface area (Å²) >= 11 is 3.48. The Kier molecular flexibility index (Phi) is 5.96. The van der Waals surface area contributed by atoms with Gasteiger partial charge in [0, 0.05) is 28.4 Å². The largest absolute Gasteiger partial charge is 0.354 e. The van der Waals surface area contributed by atoms with Gasteiger partial charge in [-0.15, -0.1) is 22.7 Å². The second-order valence-electron chi connectivity index (χ2n) is 5.52. The van der Waals surface area contributed by atoms with Crippen molar-refractivity contribution in [3.05, 3.63) is 33.8 Å². The molecule has 2 rings (SSSR count). The second kappa shape index (κ2) is 7.73. The Morgan fingerprint density at radius 3 is 2.76 bits per heavy atom. The third kappa shape index (κ3) is 4.95. The number of carbonyl (C=O) groups is 1. The van der Waals surface area contributed by atoms with Gasteiger partial charge in [0.05, 0.1) is 6.04 Å². The van der Waals surface area contributed by atoms with Gasteiger partial charge >= 0.3 is 0 Å². The number of carbonyl (C=O) groups excluding carboxylic acids is 1. The Hall–Kier alpha value is -1.17. The first-order valence-electron chi connectivity index (χ1n) is 7.18. The molecule has 0 saturated carbocycles.